The molecule has 1 rings (SSSR count). The summed E-state index contributed by atoms with van der Waals surface area (Å²) in [6.07, 6.45) is 1.66. The van der Waals surface area contributed by atoms with Gasteiger partial charge < -0.3 is 16.0 Å². The van der Waals surface area contributed by atoms with E-state index in [-0.39, 0.29) is 29.6 Å². The number of amides is 3. The van der Waals surface area contributed by atoms with E-state index in [2.05, 4.69) is 29.8 Å². The fourth-order valence-corrected chi connectivity index (χ4v) is 2.65. The van der Waals surface area contributed by atoms with E-state index >= 15 is 0 Å². The van der Waals surface area contributed by atoms with Gasteiger partial charge >= 0.3 is 0 Å². The van der Waals surface area contributed by atoms with Crippen LogP contribution in [0.3, 0.4) is 0 Å². The zero-order chi connectivity index (χ0) is 21.3. The van der Waals surface area contributed by atoms with E-state index in [1.165, 1.54) is 0 Å². The smallest absolute Gasteiger partial charge is 0.251 e. The predicted molar refractivity (Wildman–Crippen MR) is 114 cm³/mol. The lowest BCUT2D eigenvalue weighted by Gasteiger charge is -2.14. The summed E-state index contributed by atoms with van der Waals surface area (Å²) in [5.41, 5.74) is 1.41. The molecule has 0 aliphatic carbocycles. The van der Waals surface area contributed by atoms with E-state index < -0.39 is 0 Å². The molecule has 6 nitrogen and oxygen atoms in total. The summed E-state index contributed by atoms with van der Waals surface area (Å²) in [5, 5.41) is 8.55. The molecule has 1 aromatic rings. The highest BCUT2D eigenvalue weighted by Crippen LogP contribution is 2.21. The summed E-state index contributed by atoms with van der Waals surface area (Å²) in [5.74, 6) is 0.493. The standard InChI is InChI=1S/C22H35N3O3/c1-14(2)7-8-23-22(28)17-11-18(24-20(26)9-15(3)4)13-19(12-17)25-21(27)10-16(5)6/h11-16H,7-10H2,1-6H3,(H,23,28)(H,24,26)(H,25,27). The van der Waals surface area contributed by atoms with Gasteiger partial charge in [-0.15, -0.1) is 0 Å². The van der Waals surface area contributed by atoms with E-state index in [0.29, 0.717) is 42.2 Å². The number of hydrogen-bond donors (Lipinski definition) is 3. The van der Waals surface area contributed by atoms with E-state index in [0.717, 1.165) is 6.42 Å². The zero-order valence-electron chi connectivity index (χ0n) is 18.0. The van der Waals surface area contributed by atoms with Crippen LogP contribution in [0.25, 0.3) is 0 Å². The molecule has 1 aromatic carbocycles. The minimum absolute atomic E-state index is 0.119. The largest absolute Gasteiger partial charge is 0.352 e. The van der Waals surface area contributed by atoms with E-state index in [1.54, 1.807) is 18.2 Å². The Bertz CT molecular complexity index is 639. The van der Waals surface area contributed by atoms with Crippen molar-refractivity contribution in [3.63, 3.8) is 0 Å². The fourth-order valence-electron chi connectivity index (χ4n) is 2.65. The SMILES string of the molecule is CC(C)CCNC(=O)c1cc(NC(=O)CC(C)C)cc(NC(=O)CC(C)C)c1. The van der Waals surface area contributed by atoms with Crippen LogP contribution in [0.5, 0.6) is 0 Å². The molecule has 0 fully saturated rings. The second kappa shape index (κ2) is 11.5. The lowest BCUT2D eigenvalue weighted by molar-refractivity contribution is -0.117. The van der Waals surface area contributed by atoms with Gasteiger partial charge in [-0.05, 0) is 42.4 Å². The molecule has 6 heteroatoms. The number of nitrogens with one attached hydrogen (secondary N) is 3. The normalized spacial score (nSPS) is 11.0. The molecule has 0 spiro atoms. The molecule has 0 bridgehead atoms. The molecule has 0 aliphatic heterocycles. The van der Waals surface area contributed by atoms with Crippen LogP contribution in [-0.4, -0.2) is 24.3 Å². The van der Waals surface area contributed by atoms with Crippen molar-refractivity contribution in [1.82, 2.24) is 5.32 Å². The third-order valence-corrected chi connectivity index (χ3v) is 3.96. The minimum Gasteiger partial charge on any atom is -0.352 e. The summed E-state index contributed by atoms with van der Waals surface area (Å²) in [6, 6.07) is 4.96. The highest BCUT2D eigenvalue weighted by atomic mass is 16.2. The number of benzene rings is 1. The summed E-state index contributed by atoms with van der Waals surface area (Å²) in [4.78, 5) is 36.8. The van der Waals surface area contributed by atoms with Crippen LogP contribution in [0.2, 0.25) is 0 Å². The molecular weight excluding hydrogens is 354 g/mol. The minimum atomic E-state index is -0.222. The van der Waals surface area contributed by atoms with Crippen molar-refractivity contribution in [2.75, 3.05) is 17.2 Å². The first kappa shape index (κ1) is 23.7. The summed E-state index contributed by atoms with van der Waals surface area (Å²) < 4.78 is 0. The first-order valence-corrected chi connectivity index (χ1v) is 10.1. The quantitative estimate of drug-likeness (QED) is 0.553. The molecule has 3 N–H and O–H groups in total. The van der Waals surface area contributed by atoms with Gasteiger partial charge in [0.15, 0.2) is 0 Å². The third-order valence-electron chi connectivity index (χ3n) is 3.96. The van der Waals surface area contributed by atoms with Gasteiger partial charge in [-0.3, -0.25) is 14.4 Å². The van der Waals surface area contributed by atoms with E-state index in [1.807, 2.05) is 27.7 Å². The summed E-state index contributed by atoms with van der Waals surface area (Å²) >= 11 is 0. The van der Waals surface area contributed by atoms with Gasteiger partial charge in [0, 0.05) is 36.3 Å². The van der Waals surface area contributed by atoms with Crippen LogP contribution in [0.15, 0.2) is 18.2 Å². The molecule has 156 valence electrons. The third kappa shape index (κ3) is 9.53. The monoisotopic (exact) mass is 389 g/mol. The number of hydrogen-bond acceptors (Lipinski definition) is 3. The van der Waals surface area contributed by atoms with Gasteiger partial charge in [-0.2, -0.15) is 0 Å². The highest BCUT2D eigenvalue weighted by molar-refractivity contribution is 6.00. The molecule has 0 aromatic heterocycles. The van der Waals surface area contributed by atoms with Crippen molar-refractivity contribution < 1.29 is 14.4 Å². The van der Waals surface area contributed by atoms with Gasteiger partial charge in [-0.1, -0.05) is 41.5 Å². The highest BCUT2D eigenvalue weighted by Gasteiger charge is 2.13. The Balaban J connectivity index is 3.00. The van der Waals surface area contributed by atoms with Crippen molar-refractivity contribution >= 4 is 29.1 Å². The predicted octanol–water partition coefficient (Wildman–Crippen LogP) is 4.43. The Morgan fingerprint density at radius 3 is 1.61 bits per heavy atom. The van der Waals surface area contributed by atoms with E-state index in [9.17, 15) is 14.4 Å². The molecule has 0 atom stereocenters. The van der Waals surface area contributed by atoms with Crippen molar-refractivity contribution in [3.8, 4) is 0 Å². The number of anilines is 2. The zero-order valence-corrected chi connectivity index (χ0v) is 18.0. The number of carbonyl (C=O) groups excluding carboxylic acids is 3. The molecule has 28 heavy (non-hydrogen) atoms. The second-order valence-corrected chi connectivity index (χ2v) is 8.53. The maximum atomic E-state index is 12.5. The van der Waals surface area contributed by atoms with Gasteiger partial charge in [0.1, 0.15) is 0 Å². The Kier molecular flexibility index (Phi) is 9.69. The summed E-state index contributed by atoms with van der Waals surface area (Å²) in [6.45, 7) is 12.6. The van der Waals surface area contributed by atoms with Crippen LogP contribution in [-0.2, 0) is 9.59 Å². The molecule has 0 saturated carbocycles. The maximum absolute atomic E-state index is 12.5. The maximum Gasteiger partial charge on any atom is 0.251 e. The second-order valence-electron chi connectivity index (χ2n) is 8.53. The van der Waals surface area contributed by atoms with Gasteiger partial charge in [0.05, 0.1) is 0 Å². The summed E-state index contributed by atoms with van der Waals surface area (Å²) in [7, 11) is 0. The Morgan fingerprint density at radius 1 is 0.750 bits per heavy atom. The van der Waals surface area contributed by atoms with Crippen LogP contribution >= 0.6 is 0 Å². The average Bonchev–Trinajstić information content (AvgIpc) is 2.52. The van der Waals surface area contributed by atoms with Gasteiger partial charge in [0.25, 0.3) is 5.91 Å². The lowest BCUT2D eigenvalue weighted by Crippen LogP contribution is -2.26. The Labute approximate surface area is 168 Å². The molecule has 3 amide bonds. The van der Waals surface area contributed by atoms with Gasteiger partial charge in [0.2, 0.25) is 11.8 Å². The fraction of sp³-hybridized carbons (Fsp3) is 0.591. The molecule has 0 saturated heterocycles. The van der Waals surface area contributed by atoms with Crippen molar-refractivity contribution in [3.05, 3.63) is 23.8 Å². The van der Waals surface area contributed by atoms with Crippen LogP contribution in [0, 0.1) is 17.8 Å². The van der Waals surface area contributed by atoms with Crippen molar-refractivity contribution in [1.29, 1.82) is 0 Å². The van der Waals surface area contributed by atoms with Crippen molar-refractivity contribution in [2.24, 2.45) is 17.8 Å². The van der Waals surface area contributed by atoms with Crippen LogP contribution in [0.4, 0.5) is 11.4 Å². The average molecular weight is 390 g/mol. The molecular formula is C22H35N3O3. The Hall–Kier alpha value is -2.37. The molecule has 0 aliphatic rings. The topological polar surface area (TPSA) is 87.3 Å². The first-order valence-electron chi connectivity index (χ1n) is 10.1. The van der Waals surface area contributed by atoms with Gasteiger partial charge in [-0.25, -0.2) is 0 Å². The number of carbonyl (C=O) groups is 3. The van der Waals surface area contributed by atoms with Crippen LogP contribution < -0.4 is 16.0 Å². The number of rotatable bonds is 10. The lowest BCUT2D eigenvalue weighted by atomic mass is 10.1. The molecule has 0 unspecified atom stereocenters. The van der Waals surface area contributed by atoms with Crippen molar-refractivity contribution in [2.45, 2.75) is 60.8 Å². The van der Waals surface area contributed by atoms with Crippen LogP contribution in [0.1, 0.15) is 71.2 Å². The molecule has 0 radical (unpaired) electrons. The Morgan fingerprint density at radius 2 is 1.21 bits per heavy atom. The molecule has 0 heterocycles. The first-order chi connectivity index (χ1) is 13.1. The van der Waals surface area contributed by atoms with E-state index in [4.69, 9.17) is 0 Å².